The summed E-state index contributed by atoms with van der Waals surface area (Å²) in [5.41, 5.74) is 5.08. The van der Waals surface area contributed by atoms with Crippen molar-refractivity contribution in [2.24, 2.45) is 0 Å². The number of rotatable bonds is 7. The van der Waals surface area contributed by atoms with E-state index in [1.807, 2.05) is 30.4 Å². The van der Waals surface area contributed by atoms with E-state index in [9.17, 15) is 4.79 Å². The fourth-order valence-corrected chi connectivity index (χ4v) is 4.96. The van der Waals surface area contributed by atoms with Crippen LogP contribution >= 0.6 is 0 Å². The standard InChI is InChI=1S/C18H20OSi/c1-4-12-20(13-5-2,14-6-3)15-11-17-7-9-18(16-19)10-8-17/h4-10,16H,1-3,12-14H2. The van der Waals surface area contributed by atoms with Crippen LogP contribution in [-0.4, -0.2) is 14.4 Å². The highest BCUT2D eigenvalue weighted by atomic mass is 28.3. The first-order chi connectivity index (χ1) is 9.69. The van der Waals surface area contributed by atoms with Crippen LogP contribution in [0.5, 0.6) is 0 Å². The number of benzene rings is 1. The van der Waals surface area contributed by atoms with E-state index in [0.717, 1.165) is 30.0 Å². The van der Waals surface area contributed by atoms with Gasteiger partial charge in [0.2, 0.25) is 0 Å². The van der Waals surface area contributed by atoms with Gasteiger partial charge in [-0.05, 0) is 30.3 Å². The van der Waals surface area contributed by atoms with Gasteiger partial charge in [0.25, 0.3) is 0 Å². The van der Waals surface area contributed by atoms with E-state index in [2.05, 4.69) is 31.2 Å². The summed E-state index contributed by atoms with van der Waals surface area (Å²) in [5.74, 6) is 3.24. The molecule has 0 heterocycles. The molecule has 0 unspecified atom stereocenters. The van der Waals surface area contributed by atoms with Gasteiger partial charge in [-0.3, -0.25) is 4.79 Å². The molecule has 0 bridgehead atoms. The monoisotopic (exact) mass is 280 g/mol. The lowest BCUT2D eigenvalue weighted by atomic mass is 10.2. The van der Waals surface area contributed by atoms with Crippen LogP contribution in [0.3, 0.4) is 0 Å². The Morgan fingerprint density at radius 2 is 1.45 bits per heavy atom. The second-order valence-electron chi connectivity index (χ2n) is 4.75. The molecule has 0 aliphatic carbocycles. The largest absolute Gasteiger partial charge is 0.298 e. The van der Waals surface area contributed by atoms with Crippen LogP contribution in [0.4, 0.5) is 0 Å². The van der Waals surface area contributed by atoms with Crippen molar-refractivity contribution in [3.8, 4) is 11.5 Å². The average molecular weight is 280 g/mol. The first kappa shape index (κ1) is 15.9. The molecule has 20 heavy (non-hydrogen) atoms. The molecule has 0 amide bonds. The van der Waals surface area contributed by atoms with Crippen LogP contribution in [0.2, 0.25) is 18.1 Å². The smallest absolute Gasteiger partial charge is 0.150 e. The summed E-state index contributed by atoms with van der Waals surface area (Å²) in [5, 5.41) is 0. The Kier molecular flexibility index (Phi) is 6.49. The molecule has 0 radical (unpaired) electrons. The number of hydrogen-bond donors (Lipinski definition) is 0. The molecule has 0 spiro atoms. The average Bonchev–Trinajstić information content (AvgIpc) is 2.46. The number of hydrogen-bond acceptors (Lipinski definition) is 1. The first-order valence-electron chi connectivity index (χ1n) is 6.61. The summed E-state index contributed by atoms with van der Waals surface area (Å²) in [6.45, 7) is 11.5. The summed E-state index contributed by atoms with van der Waals surface area (Å²) >= 11 is 0. The molecular formula is C18H20OSi. The predicted molar refractivity (Wildman–Crippen MR) is 89.5 cm³/mol. The lowest BCUT2D eigenvalue weighted by Gasteiger charge is -2.21. The summed E-state index contributed by atoms with van der Waals surface area (Å²) in [7, 11) is -1.79. The second kappa shape index (κ2) is 8.14. The van der Waals surface area contributed by atoms with Crippen LogP contribution in [-0.2, 0) is 0 Å². The molecule has 1 rings (SSSR count). The Hall–Kier alpha value is -2.11. The molecule has 0 aliphatic rings. The maximum absolute atomic E-state index is 10.6. The molecule has 0 aliphatic heterocycles. The first-order valence-corrected chi connectivity index (χ1v) is 9.23. The molecule has 0 saturated heterocycles. The lowest BCUT2D eigenvalue weighted by Crippen LogP contribution is -2.30. The molecule has 0 saturated carbocycles. The van der Waals surface area contributed by atoms with Crippen molar-refractivity contribution in [3.63, 3.8) is 0 Å². The van der Waals surface area contributed by atoms with E-state index in [0.29, 0.717) is 5.56 Å². The molecule has 0 N–H and O–H groups in total. The highest BCUT2D eigenvalue weighted by Gasteiger charge is 2.26. The summed E-state index contributed by atoms with van der Waals surface area (Å²) in [4.78, 5) is 10.6. The molecule has 2 heteroatoms. The van der Waals surface area contributed by atoms with Crippen LogP contribution in [0, 0.1) is 11.5 Å². The molecule has 102 valence electrons. The summed E-state index contributed by atoms with van der Waals surface area (Å²) < 4.78 is 0. The number of aldehydes is 1. The zero-order valence-corrected chi connectivity index (χ0v) is 12.8. The van der Waals surface area contributed by atoms with E-state index in [-0.39, 0.29) is 0 Å². The number of carbonyl (C=O) groups is 1. The highest BCUT2D eigenvalue weighted by molar-refractivity contribution is 6.88. The van der Waals surface area contributed by atoms with Crippen molar-refractivity contribution in [1.29, 1.82) is 0 Å². The third kappa shape index (κ3) is 4.53. The van der Waals surface area contributed by atoms with Crippen molar-refractivity contribution in [2.45, 2.75) is 18.1 Å². The van der Waals surface area contributed by atoms with Gasteiger partial charge in [-0.15, -0.1) is 25.3 Å². The fraction of sp³-hybridized carbons (Fsp3) is 0.167. The third-order valence-corrected chi connectivity index (χ3v) is 6.99. The SMILES string of the molecule is C=CC[Si](C#Cc1ccc(C=O)cc1)(CC=C)CC=C. The van der Waals surface area contributed by atoms with Crippen molar-refractivity contribution in [3.05, 3.63) is 73.4 Å². The summed E-state index contributed by atoms with van der Waals surface area (Å²) in [6.07, 6.45) is 6.68. The van der Waals surface area contributed by atoms with E-state index >= 15 is 0 Å². The van der Waals surface area contributed by atoms with Gasteiger partial charge >= 0.3 is 0 Å². The minimum atomic E-state index is -1.79. The lowest BCUT2D eigenvalue weighted by molar-refractivity contribution is 0.112. The Bertz CT molecular complexity index is 516. The van der Waals surface area contributed by atoms with Crippen molar-refractivity contribution < 1.29 is 4.79 Å². The van der Waals surface area contributed by atoms with E-state index < -0.39 is 8.07 Å². The Morgan fingerprint density at radius 3 is 1.85 bits per heavy atom. The van der Waals surface area contributed by atoms with E-state index in [1.165, 1.54) is 0 Å². The van der Waals surface area contributed by atoms with Crippen LogP contribution in [0.15, 0.2) is 62.2 Å². The quantitative estimate of drug-likeness (QED) is 0.313. The van der Waals surface area contributed by atoms with E-state index in [1.54, 1.807) is 12.1 Å². The van der Waals surface area contributed by atoms with Crippen molar-refractivity contribution in [2.75, 3.05) is 0 Å². The maximum atomic E-state index is 10.6. The molecule has 0 fully saturated rings. The van der Waals surface area contributed by atoms with Gasteiger partial charge in [0.1, 0.15) is 14.4 Å². The Labute approximate surface area is 122 Å². The minimum Gasteiger partial charge on any atom is -0.298 e. The molecule has 1 aromatic rings. The zero-order chi connectivity index (χ0) is 14.8. The van der Waals surface area contributed by atoms with Gasteiger partial charge in [0, 0.05) is 11.1 Å². The predicted octanol–water partition coefficient (Wildman–Crippen LogP) is 4.40. The molecule has 0 atom stereocenters. The third-order valence-electron chi connectivity index (χ3n) is 3.12. The topological polar surface area (TPSA) is 17.1 Å². The summed E-state index contributed by atoms with van der Waals surface area (Å²) in [6, 6.07) is 10.1. The van der Waals surface area contributed by atoms with Gasteiger partial charge in [-0.25, -0.2) is 0 Å². The van der Waals surface area contributed by atoms with Crippen molar-refractivity contribution >= 4 is 14.4 Å². The number of allylic oxidation sites excluding steroid dienone is 3. The minimum absolute atomic E-state index is 0.669. The molecule has 1 nitrogen and oxygen atoms in total. The maximum Gasteiger partial charge on any atom is 0.150 e. The second-order valence-corrected chi connectivity index (χ2v) is 8.78. The van der Waals surface area contributed by atoms with Gasteiger partial charge in [-0.1, -0.05) is 36.3 Å². The van der Waals surface area contributed by atoms with Gasteiger partial charge < -0.3 is 0 Å². The molecule has 1 aromatic carbocycles. The van der Waals surface area contributed by atoms with Gasteiger partial charge in [-0.2, -0.15) is 0 Å². The normalized spacial score (nSPS) is 10.0. The fourth-order valence-electron chi connectivity index (χ4n) is 2.08. The molecular weight excluding hydrogens is 260 g/mol. The molecule has 0 aromatic heterocycles. The Morgan fingerprint density at radius 1 is 0.950 bits per heavy atom. The highest BCUT2D eigenvalue weighted by Crippen LogP contribution is 2.22. The van der Waals surface area contributed by atoms with Crippen LogP contribution in [0.25, 0.3) is 0 Å². The van der Waals surface area contributed by atoms with Crippen molar-refractivity contribution in [1.82, 2.24) is 0 Å². The van der Waals surface area contributed by atoms with E-state index in [4.69, 9.17) is 0 Å². The van der Waals surface area contributed by atoms with Crippen LogP contribution in [0.1, 0.15) is 15.9 Å². The van der Waals surface area contributed by atoms with Gasteiger partial charge in [0.15, 0.2) is 0 Å². The Balaban J connectivity index is 3.06. The zero-order valence-electron chi connectivity index (χ0n) is 11.8. The van der Waals surface area contributed by atoms with Gasteiger partial charge in [0.05, 0.1) is 0 Å². The van der Waals surface area contributed by atoms with Crippen LogP contribution < -0.4 is 0 Å². The number of carbonyl (C=O) groups excluding carboxylic acids is 1.